The monoisotopic (exact) mass is 299 g/mol. The number of hydrogen-bond acceptors (Lipinski definition) is 4. The molecule has 1 N–H and O–H groups in total. The lowest BCUT2D eigenvalue weighted by molar-refractivity contribution is -0.00330. The van der Waals surface area contributed by atoms with Crippen LogP contribution in [-0.2, 0) is 9.47 Å². The molecule has 0 spiro atoms. The summed E-state index contributed by atoms with van der Waals surface area (Å²) in [4.78, 5) is 11.6. The fraction of sp³-hybridized carbons (Fsp3) is 0.941. The van der Waals surface area contributed by atoms with Gasteiger partial charge >= 0.3 is 6.16 Å². The van der Waals surface area contributed by atoms with Gasteiger partial charge in [0.25, 0.3) is 0 Å². The number of carbonyl (C=O) groups is 1. The quantitative estimate of drug-likeness (QED) is 0.441. The van der Waals surface area contributed by atoms with Crippen molar-refractivity contribution in [3.8, 4) is 0 Å². The fourth-order valence-electron chi connectivity index (χ4n) is 2.69. The molecular weight excluding hydrogens is 266 g/mol. The van der Waals surface area contributed by atoms with Gasteiger partial charge in [0.05, 0.1) is 0 Å². The van der Waals surface area contributed by atoms with E-state index >= 15 is 0 Å². The number of carbonyl (C=O) groups excluding carboxylic acids is 1. The van der Waals surface area contributed by atoms with Gasteiger partial charge in [-0.1, -0.05) is 51.9 Å². The maximum atomic E-state index is 11.6. The second-order valence-corrected chi connectivity index (χ2v) is 6.14. The third kappa shape index (κ3) is 9.72. The Morgan fingerprint density at radius 3 is 2.43 bits per heavy atom. The maximum Gasteiger partial charge on any atom is 0.510 e. The van der Waals surface area contributed by atoms with E-state index in [1.54, 1.807) is 0 Å². The predicted octanol–water partition coefficient (Wildman–Crippen LogP) is 4.77. The van der Waals surface area contributed by atoms with Gasteiger partial charge in [-0.05, 0) is 39.2 Å². The van der Waals surface area contributed by atoms with Crippen molar-refractivity contribution < 1.29 is 14.3 Å². The van der Waals surface area contributed by atoms with Gasteiger partial charge in [0.1, 0.15) is 6.10 Å². The molecule has 1 rings (SSSR count). The van der Waals surface area contributed by atoms with Crippen molar-refractivity contribution in [2.45, 2.75) is 96.8 Å². The van der Waals surface area contributed by atoms with Crippen LogP contribution in [0.15, 0.2) is 0 Å². The summed E-state index contributed by atoms with van der Waals surface area (Å²) in [6, 6.07) is 0. The molecule has 0 radical (unpaired) electrons. The zero-order chi connectivity index (χ0) is 15.3. The molecule has 1 heterocycles. The summed E-state index contributed by atoms with van der Waals surface area (Å²) in [7, 11) is 0. The minimum absolute atomic E-state index is 0.0426. The van der Waals surface area contributed by atoms with Crippen LogP contribution in [0.3, 0.4) is 0 Å². The van der Waals surface area contributed by atoms with Crippen molar-refractivity contribution in [3.63, 3.8) is 0 Å². The smallest absolute Gasteiger partial charge is 0.431 e. The molecule has 4 heteroatoms. The SMILES string of the molecule is CCCCCCCCCCC(C)OC(=O)OC1CCCN1. The Kier molecular flexibility index (Phi) is 10.3. The highest BCUT2D eigenvalue weighted by Gasteiger charge is 2.20. The van der Waals surface area contributed by atoms with E-state index in [1.807, 2.05) is 6.92 Å². The van der Waals surface area contributed by atoms with Gasteiger partial charge in [-0.3, -0.25) is 5.32 Å². The van der Waals surface area contributed by atoms with Crippen molar-refractivity contribution in [1.29, 1.82) is 0 Å². The van der Waals surface area contributed by atoms with Crippen LogP contribution in [0.1, 0.15) is 84.5 Å². The molecular formula is C17H33NO3. The molecule has 4 nitrogen and oxygen atoms in total. The van der Waals surface area contributed by atoms with Crippen LogP contribution in [0.4, 0.5) is 4.79 Å². The van der Waals surface area contributed by atoms with Crippen LogP contribution in [0.25, 0.3) is 0 Å². The highest BCUT2D eigenvalue weighted by Crippen LogP contribution is 2.13. The molecule has 0 saturated carbocycles. The summed E-state index contributed by atoms with van der Waals surface area (Å²) in [6.07, 6.45) is 12.6. The van der Waals surface area contributed by atoms with Crippen molar-refractivity contribution in [1.82, 2.24) is 5.32 Å². The Balaban J connectivity index is 1.90. The minimum Gasteiger partial charge on any atom is -0.431 e. The molecule has 0 aromatic rings. The van der Waals surface area contributed by atoms with Crippen LogP contribution < -0.4 is 5.32 Å². The molecule has 2 atom stereocenters. The number of nitrogens with one attached hydrogen (secondary N) is 1. The Bertz CT molecular complexity index is 265. The first kappa shape index (κ1) is 18.3. The summed E-state index contributed by atoms with van der Waals surface area (Å²) in [6.45, 7) is 5.12. The molecule has 0 aromatic heterocycles. The standard InChI is InChI=1S/C17H33NO3/c1-3-4-5-6-7-8-9-10-12-15(2)20-17(19)21-16-13-11-14-18-16/h15-16,18H,3-14H2,1-2H3. The first-order chi connectivity index (χ1) is 10.2. The van der Waals surface area contributed by atoms with E-state index in [2.05, 4.69) is 12.2 Å². The van der Waals surface area contributed by atoms with Crippen molar-refractivity contribution in [3.05, 3.63) is 0 Å². The van der Waals surface area contributed by atoms with Gasteiger partial charge in [-0.2, -0.15) is 0 Å². The third-order valence-corrected chi connectivity index (χ3v) is 4.02. The van der Waals surface area contributed by atoms with Crippen LogP contribution in [0.2, 0.25) is 0 Å². The highest BCUT2D eigenvalue weighted by molar-refractivity contribution is 5.60. The van der Waals surface area contributed by atoms with Crippen LogP contribution in [-0.4, -0.2) is 25.0 Å². The van der Waals surface area contributed by atoms with Gasteiger partial charge in [0.15, 0.2) is 6.23 Å². The lowest BCUT2D eigenvalue weighted by atomic mass is 10.1. The normalized spacial score (nSPS) is 19.4. The van der Waals surface area contributed by atoms with Gasteiger partial charge in [0, 0.05) is 0 Å². The van der Waals surface area contributed by atoms with Crippen LogP contribution in [0, 0.1) is 0 Å². The molecule has 21 heavy (non-hydrogen) atoms. The first-order valence-electron chi connectivity index (χ1n) is 8.83. The average Bonchev–Trinajstić information content (AvgIpc) is 2.94. The van der Waals surface area contributed by atoms with E-state index in [4.69, 9.17) is 9.47 Å². The van der Waals surface area contributed by atoms with E-state index in [9.17, 15) is 4.79 Å². The molecule has 124 valence electrons. The second-order valence-electron chi connectivity index (χ2n) is 6.14. The third-order valence-electron chi connectivity index (χ3n) is 4.02. The molecule has 1 aliphatic heterocycles. The summed E-state index contributed by atoms with van der Waals surface area (Å²) in [5, 5.41) is 3.12. The summed E-state index contributed by atoms with van der Waals surface area (Å²) in [5.41, 5.74) is 0. The summed E-state index contributed by atoms with van der Waals surface area (Å²) in [5.74, 6) is 0. The van der Waals surface area contributed by atoms with Gasteiger partial charge in [0.2, 0.25) is 0 Å². The zero-order valence-electron chi connectivity index (χ0n) is 13.9. The largest absolute Gasteiger partial charge is 0.510 e. The molecule has 1 aliphatic rings. The topological polar surface area (TPSA) is 47.6 Å². The Hall–Kier alpha value is -0.770. The Morgan fingerprint density at radius 2 is 1.81 bits per heavy atom. The second kappa shape index (κ2) is 11.8. The fourth-order valence-corrected chi connectivity index (χ4v) is 2.69. The number of hydrogen-bond donors (Lipinski definition) is 1. The van der Waals surface area contributed by atoms with Gasteiger partial charge < -0.3 is 9.47 Å². The Labute approximate surface area is 130 Å². The van der Waals surface area contributed by atoms with Crippen molar-refractivity contribution >= 4 is 6.16 Å². The van der Waals surface area contributed by atoms with Gasteiger partial charge in [-0.15, -0.1) is 0 Å². The number of unbranched alkanes of at least 4 members (excludes halogenated alkanes) is 7. The predicted molar refractivity (Wildman–Crippen MR) is 85.3 cm³/mol. The van der Waals surface area contributed by atoms with Crippen molar-refractivity contribution in [2.24, 2.45) is 0 Å². The molecule has 1 fully saturated rings. The number of rotatable bonds is 11. The highest BCUT2D eigenvalue weighted by atomic mass is 16.7. The molecule has 1 saturated heterocycles. The molecule has 0 amide bonds. The molecule has 2 unspecified atom stereocenters. The lowest BCUT2D eigenvalue weighted by Crippen LogP contribution is -2.29. The first-order valence-corrected chi connectivity index (χ1v) is 8.83. The minimum atomic E-state index is -0.526. The lowest BCUT2D eigenvalue weighted by Gasteiger charge is -2.16. The average molecular weight is 299 g/mol. The van der Waals surface area contributed by atoms with Crippen molar-refractivity contribution in [2.75, 3.05) is 6.54 Å². The maximum absolute atomic E-state index is 11.6. The number of ether oxygens (including phenoxy) is 2. The van der Waals surface area contributed by atoms with E-state index in [1.165, 1.54) is 44.9 Å². The van der Waals surface area contributed by atoms with E-state index in [0.717, 1.165) is 32.2 Å². The van der Waals surface area contributed by atoms with E-state index in [-0.39, 0.29) is 12.3 Å². The zero-order valence-corrected chi connectivity index (χ0v) is 13.9. The van der Waals surface area contributed by atoms with E-state index < -0.39 is 6.16 Å². The summed E-state index contributed by atoms with van der Waals surface area (Å²) < 4.78 is 10.5. The van der Waals surface area contributed by atoms with E-state index in [0.29, 0.717) is 0 Å². The Morgan fingerprint density at radius 1 is 1.14 bits per heavy atom. The van der Waals surface area contributed by atoms with Gasteiger partial charge in [-0.25, -0.2) is 4.79 Å². The van der Waals surface area contributed by atoms with Crippen LogP contribution in [0.5, 0.6) is 0 Å². The summed E-state index contributed by atoms with van der Waals surface area (Å²) >= 11 is 0. The molecule has 0 bridgehead atoms. The van der Waals surface area contributed by atoms with Crippen LogP contribution >= 0.6 is 0 Å². The molecule has 0 aromatic carbocycles. The molecule has 0 aliphatic carbocycles.